The first kappa shape index (κ1) is 13.7. The van der Waals surface area contributed by atoms with E-state index in [9.17, 15) is 4.39 Å². The van der Waals surface area contributed by atoms with Crippen LogP contribution >= 0.6 is 23.4 Å². The minimum absolute atomic E-state index is 0.0180. The molecule has 0 heterocycles. The molecule has 0 fully saturated rings. The van der Waals surface area contributed by atoms with Gasteiger partial charge in [0.25, 0.3) is 0 Å². The number of amidine groups is 1. The van der Waals surface area contributed by atoms with Crippen LogP contribution in [0.1, 0.15) is 5.56 Å². The molecule has 0 saturated carbocycles. The van der Waals surface area contributed by atoms with Crippen LogP contribution in [0.2, 0.25) is 5.02 Å². The Bertz CT molecular complexity index is 634. The summed E-state index contributed by atoms with van der Waals surface area (Å²) >= 11 is 7.22. The van der Waals surface area contributed by atoms with E-state index in [1.54, 1.807) is 30.3 Å². The zero-order chi connectivity index (χ0) is 13.8. The van der Waals surface area contributed by atoms with Gasteiger partial charge in [0.2, 0.25) is 0 Å². The summed E-state index contributed by atoms with van der Waals surface area (Å²) in [4.78, 5) is 1.39. The summed E-state index contributed by atoms with van der Waals surface area (Å²) in [7, 11) is 0. The van der Waals surface area contributed by atoms with Crippen LogP contribution in [0.3, 0.4) is 0 Å². The SMILES string of the molecule is NC(=NO)c1ccc(Cl)cc1Sc1cccc(F)c1. The molecule has 3 N–H and O–H groups in total. The number of nitrogens with zero attached hydrogens (tertiary/aromatic N) is 1. The molecule has 0 atom stereocenters. The number of nitrogens with two attached hydrogens (primary N) is 1. The van der Waals surface area contributed by atoms with E-state index in [1.807, 2.05) is 0 Å². The topological polar surface area (TPSA) is 58.6 Å². The largest absolute Gasteiger partial charge is 0.409 e. The second-order valence-corrected chi connectivity index (χ2v) is 5.24. The van der Waals surface area contributed by atoms with Crippen LogP contribution in [0.4, 0.5) is 4.39 Å². The quantitative estimate of drug-likeness (QED) is 0.393. The van der Waals surface area contributed by atoms with E-state index in [0.717, 1.165) is 0 Å². The van der Waals surface area contributed by atoms with Gasteiger partial charge in [-0.05, 0) is 36.4 Å². The lowest BCUT2D eigenvalue weighted by Crippen LogP contribution is -2.14. The molecule has 2 rings (SSSR count). The van der Waals surface area contributed by atoms with E-state index in [-0.39, 0.29) is 11.7 Å². The Hall–Kier alpha value is -1.72. The minimum Gasteiger partial charge on any atom is -0.409 e. The smallest absolute Gasteiger partial charge is 0.171 e. The van der Waals surface area contributed by atoms with Crippen molar-refractivity contribution in [2.45, 2.75) is 9.79 Å². The van der Waals surface area contributed by atoms with E-state index >= 15 is 0 Å². The van der Waals surface area contributed by atoms with E-state index in [2.05, 4.69) is 5.16 Å². The number of oxime groups is 1. The van der Waals surface area contributed by atoms with Gasteiger partial charge in [0.15, 0.2) is 5.84 Å². The molecule has 0 bridgehead atoms. The molecule has 0 spiro atoms. The van der Waals surface area contributed by atoms with Crippen LogP contribution in [0, 0.1) is 5.82 Å². The highest BCUT2D eigenvalue weighted by Crippen LogP contribution is 2.32. The van der Waals surface area contributed by atoms with Crippen LogP contribution in [-0.2, 0) is 0 Å². The molecule has 0 aromatic heterocycles. The van der Waals surface area contributed by atoms with Gasteiger partial charge in [-0.2, -0.15) is 0 Å². The summed E-state index contributed by atoms with van der Waals surface area (Å²) in [6.45, 7) is 0. The van der Waals surface area contributed by atoms with Crippen molar-refractivity contribution in [2.75, 3.05) is 0 Å². The summed E-state index contributed by atoms with van der Waals surface area (Å²) in [6, 6.07) is 11.1. The molecule has 3 nitrogen and oxygen atoms in total. The molecular weight excluding hydrogens is 287 g/mol. The summed E-state index contributed by atoms with van der Waals surface area (Å²) in [6.07, 6.45) is 0. The van der Waals surface area contributed by atoms with Gasteiger partial charge in [-0.1, -0.05) is 34.6 Å². The zero-order valence-electron chi connectivity index (χ0n) is 9.68. The third-order valence-corrected chi connectivity index (χ3v) is 3.63. The Labute approximate surface area is 118 Å². The fourth-order valence-electron chi connectivity index (χ4n) is 1.50. The van der Waals surface area contributed by atoms with Gasteiger partial charge in [0, 0.05) is 20.4 Å². The average molecular weight is 297 g/mol. The van der Waals surface area contributed by atoms with Crippen molar-refractivity contribution in [1.29, 1.82) is 0 Å². The molecule has 0 aliphatic carbocycles. The number of hydrogen-bond donors (Lipinski definition) is 2. The van der Waals surface area contributed by atoms with Crippen LogP contribution in [0.25, 0.3) is 0 Å². The predicted octanol–water partition coefficient (Wildman–Crippen LogP) is 3.72. The van der Waals surface area contributed by atoms with E-state index < -0.39 is 0 Å². The molecule has 0 aliphatic rings. The van der Waals surface area contributed by atoms with Crippen molar-refractivity contribution >= 4 is 29.2 Å². The Morgan fingerprint density at radius 3 is 2.74 bits per heavy atom. The number of halogens is 2. The lowest BCUT2D eigenvalue weighted by molar-refractivity contribution is 0.318. The van der Waals surface area contributed by atoms with Crippen molar-refractivity contribution in [3.05, 3.63) is 58.9 Å². The molecule has 0 radical (unpaired) electrons. The standard InChI is InChI=1S/C13H10ClFN2OS/c14-8-4-5-11(13(16)17-18)12(6-8)19-10-3-1-2-9(15)7-10/h1-7,18H,(H2,16,17). The van der Waals surface area contributed by atoms with E-state index in [1.165, 1.54) is 23.9 Å². The highest BCUT2D eigenvalue weighted by atomic mass is 35.5. The summed E-state index contributed by atoms with van der Waals surface area (Å²) in [5, 5.41) is 12.2. The van der Waals surface area contributed by atoms with Crippen molar-refractivity contribution in [1.82, 2.24) is 0 Å². The highest BCUT2D eigenvalue weighted by Gasteiger charge is 2.10. The second kappa shape index (κ2) is 5.95. The van der Waals surface area contributed by atoms with Crippen molar-refractivity contribution in [2.24, 2.45) is 10.9 Å². The fourth-order valence-corrected chi connectivity index (χ4v) is 2.78. The molecule has 98 valence electrons. The molecule has 0 amide bonds. The first-order valence-electron chi connectivity index (χ1n) is 5.31. The van der Waals surface area contributed by atoms with E-state index in [0.29, 0.717) is 20.4 Å². The first-order valence-corrected chi connectivity index (χ1v) is 6.50. The van der Waals surface area contributed by atoms with Gasteiger partial charge in [0.05, 0.1) is 0 Å². The fraction of sp³-hybridized carbons (Fsp3) is 0. The first-order chi connectivity index (χ1) is 9.10. The van der Waals surface area contributed by atoms with Gasteiger partial charge < -0.3 is 10.9 Å². The monoisotopic (exact) mass is 296 g/mol. The molecule has 0 unspecified atom stereocenters. The van der Waals surface area contributed by atoms with Gasteiger partial charge in [-0.3, -0.25) is 0 Å². The Morgan fingerprint density at radius 1 is 1.26 bits per heavy atom. The molecule has 0 aliphatic heterocycles. The predicted molar refractivity (Wildman–Crippen MR) is 74.5 cm³/mol. The number of rotatable bonds is 3. The lowest BCUT2D eigenvalue weighted by atomic mass is 10.2. The zero-order valence-corrected chi connectivity index (χ0v) is 11.2. The Morgan fingerprint density at radius 2 is 2.05 bits per heavy atom. The number of hydrogen-bond acceptors (Lipinski definition) is 3. The number of benzene rings is 2. The van der Waals surface area contributed by atoms with Crippen molar-refractivity contribution in [3.63, 3.8) is 0 Å². The molecule has 0 saturated heterocycles. The second-order valence-electron chi connectivity index (χ2n) is 3.69. The van der Waals surface area contributed by atoms with Crippen LogP contribution in [-0.4, -0.2) is 11.0 Å². The lowest BCUT2D eigenvalue weighted by Gasteiger charge is -2.08. The molecule has 2 aromatic rings. The molecule has 19 heavy (non-hydrogen) atoms. The summed E-state index contributed by atoms with van der Waals surface area (Å²) in [5.74, 6) is -0.340. The molecule has 2 aromatic carbocycles. The maximum absolute atomic E-state index is 13.1. The Balaban J connectivity index is 2.41. The normalized spacial score (nSPS) is 11.6. The Kier molecular flexibility index (Phi) is 4.29. The summed E-state index contributed by atoms with van der Waals surface area (Å²) in [5.41, 5.74) is 6.14. The maximum Gasteiger partial charge on any atom is 0.171 e. The van der Waals surface area contributed by atoms with Gasteiger partial charge >= 0.3 is 0 Å². The molecular formula is C13H10ClFN2OS. The van der Waals surface area contributed by atoms with Crippen LogP contribution in [0.15, 0.2) is 57.4 Å². The highest BCUT2D eigenvalue weighted by molar-refractivity contribution is 7.99. The third kappa shape index (κ3) is 3.39. The van der Waals surface area contributed by atoms with Gasteiger partial charge in [-0.25, -0.2) is 4.39 Å². The van der Waals surface area contributed by atoms with E-state index in [4.69, 9.17) is 22.5 Å². The third-order valence-electron chi connectivity index (χ3n) is 2.35. The summed E-state index contributed by atoms with van der Waals surface area (Å²) < 4.78 is 13.1. The van der Waals surface area contributed by atoms with Crippen LogP contribution in [0.5, 0.6) is 0 Å². The minimum atomic E-state index is -0.322. The van der Waals surface area contributed by atoms with Gasteiger partial charge in [0.1, 0.15) is 5.82 Å². The maximum atomic E-state index is 13.1. The molecule has 6 heteroatoms. The van der Waals surface area contributed by atoms with Crippen LogP contribution < -0.4 is 5.73 Å². The van der Waals surface area contributed by atoms with Crippen molar-refractivity contribution in [3.8, 4) is 0 Å². The van der Waals surface area contributed by atoms with Crippen molar-refractivity contribution < 1.29 is 9.60 Å². The van der Waals surface area contributed by atoms with Gasteiger partial charge in [-0.15, -0.1) is 0 Å². The average Bonchev–Trinajstić information content (AvgIpc) is 2.38.